The second-order valence-corrected chi connectivity index (χ2v) is 7.64. The summed E-state index contributed by atoms with van der Waals surface area (Å²) in [6.07, 6.45) is 6.30. The number of hydrogen-bond acceptors (Lipinski definition) is 4. The molecule has 3 rings (SSSR count). The largest absolute Gasteiger partial charge is 0.492 e. The van der Waals surface area contributed by atoms with Gasteiger partial charge in [0.15, 0.2) is 5.96 Å². The Morgan fingerprint density at radius 2 is 1.96 bits per heavy atom. The molecule has 2 heterocycles. The Kier molecular flexibility index (Phi) is 8.42. The smallest absolute Gasteiger partial charge is 0.193 e. The summed E-state index contributed by atoms with van der Waals surface area (Å²) in [5, 5.41) is 3.41. The molecule has 0 aromatic heterocycles. The third-order valence-corrected chi connectivity index (χ3v) is 5.42. The summed E-state index contributed by atoms with van der Waals surface area (Å²) < 4.78 is 17.7. The Morgan fingerprint density at radius 3 is 2.64 bits per heavy atom. The minimum Gasteiger partial charge on any atom is -0.492 e. The minimum absolute atomic E-state index is 0.301. The average molecular weight is 390 g/mol. The molecule has 28 heavy (non-hydrogen) atoms. The van der Waals surface area contributed by atoms with Crippen LogP contribution < -0.4 is 10.1 Å². The lowest BCUT2D eigenvalue weighted by atomic mass is 10.1. The highest BCUT2D eigenvalue weighted by Crippen LogP contribution is 2.18. The van der Waals surface area contributed by atoms with Crippen molar-refractivity contribution in [2.24, 2.45) is 4.99 Å². The van der Waals surface area contributed by atoms with Crippen LogP contribution in [0, 0.1) is 6.92 Å². The SMILES string of the molecule is CN=C(NCCOc1ccc(C)cc1)N1CCC(OCC2CCCCO2)CC1. The first-order valence-electron chi connectivity index (χ1n) is 10.6. The molecule has 0 spiro atoms. The van der Waals surface area contributed by atoms with Gasteiger partial charge in [-0.05, 0) is 51.2 Å². The van der Waals surface area contributed by atoms with Crippen LogP contribution in [0.2, 0.25) is 0 Å². The number of guanidine groups is 1. The molecule has 1 aromatic carbocycles. The van der Waals surface area contributed by atoms with Gasteiger partial charge in [0.1, 0.15) is 12.4 Å². The number of rotatable bonds is 7. The summed E-state index contributed by atoms with van der Waals surface area (Å²) >= 11 is 0. The maximum Gasteiger partial charge on any atom is 0.193 e. The molecule has 0 amide bonds. The summed E-state index contributed by atoms with van der Waals surface area (Å²) in [4.78, 5) is 6.74. The number of hydrogen-bond donors (Lipinski definition) is 1. The molecule has 1 aromatic rings. The van der Waals surface area contributed by atoms with Gasteiger partial charge in [0, 0.05) is 26.7 Å². The monoisotopic (exact) mass is 389 g/mol. The molecular formula is C22H35N3O3. The minimum atomic E-state index is 0.301. The predicted octanol–water partition coefficient (Wildman–Crippen LogP) is 3.00. The van der Waals surface area contributed by atoms with Crippen molar-refractivity contribution < 1.29 is 14.2 Å². The van der Waals surface area contributed by atoms with E-state index >= 15 is 0 Å². The van der Waals surface area contributed by atoms with Crippen molar-refractivity contribution in [1.29, 1.82) is 0 Å². The fraction of sp³-hybridized carbons (Fsp3) is 0.682. The summed E-state index contributed by atoms with van der Waals surface area (Å²) in [5.74, 6) is 1.85. The van der Waals surface area contributed by atoms with Gasteiger partial charge in [-0.25, -0.2) is 0 Å². The summed E-state index contributed by atoms with van der Waals surface area (Å²) in [6, 6.07) is 8.14. The number of benzene rings is 1. The highest BCUT2D eigenvalue weighted by Gasteiger charge is 2.23. The van der Waals surface area contributed by atoms with Crippen LogP contribution in [0.25, 0.3) is 0 Å². The zero-order valence-corrected chi connectivity index (χ0v) is 17.4. The van der Waals surface area contributed by atoms with Crippen LogP contribution in [0.1, 0.15) is 37.7 Å². The molecule has 2 fully saturated rings. The third-order valence-electron chi connectivity index (χ3n) is 5.42. The van der Waals surface area contributed by atoms with Gasteiger partial charge in [0.05, 0.1) is 25.4 Å². The van der Waals surface area contributed by atoms with Crippen molar-refractivity contribution in [1.82, 2.24) is 10.2 Å². The Bertz CT molecular complexity index is 592. The Balaban J connectivity index is 1.31. The van der Waals surface area contributed by atoms with E-state index in [0.717, 1.165) is 63.8 Å². The quantitative estimate of drug-likeness (QED) is 0.441. The number of nitrogens with zero attached hydrogens (tertiary/aromatic N) is 2. The fourth-order valence-corrected chi connectivity index (χ4v) is 3.72. The van der Waals surface area contributed by atoms with Crippen LogP contribution in [-0.2, 0) is 9.47 Å². The molecule has 156 valence electrons. The number of piperidine rings is 1. The van der Waals surface area contributed by atoms with Gasteiger partial charge in [-0.1, -0.05) is 17.7 Å². The highest BCUT2D eigenvalue weighted by molar-refractivity contribution is 5.79. The summed E-state index contributed by atoms with van der Waals surface area (Å²) in [5.41, 5.74) is 1.24. The maximum atomic E-state index is 6.11. The number of nitrogens with one attached hydrogen (secondary N) is 1. The van der Waals surface area contributed by atoms with Crippen molar-refractivity contribution >= 4 is 5.96 Å². The van der Waals surface area contributed by atoms with Gasteiger partial charge in [-0.3, -0.25) is 4.99 Å². The standard InChI is InChI=1S/C22H35N3O3/c1-18-6-8-19(9-7-18)27-16-12-24-22(23-2)25-13-10-20(11-14-25)28-17-21-5-3-4-15-26-21/h6-9,20-21H,3-5,10-17H2,1-2H3,(H,23,24). The molecule has 6 nitrogen and oxygen atoms in total. The lowest BCUT2D eigenvalue weighted by Gasteiger charge is -2.35. The molecule has 1 unspecified atom stereocenters. The molecule has 0 saturated carbocycles. The van der Waals surface area contributed by atoms with Gasteiger partial charge >= 0.3 is 0 Å². The van der Waals surface area contributed by atoms with Crippen LogP contribution in [0.3, 0.4) is 0 Å². The topological polar surface area (TPSA) is 55.3 Å². The molecule has 1 atom stereocenters. The zero-order chi connectivity index (χ0) is 19.6. The van der Waals surface area contributed by atoms with E-state index in [1.165, 1.54) is 18.4 Å². The average Bonchev–Trinajstić information content (AvgIpc) is 2.75. The Labute approximate surface area is 169 Å². The fourth-order valence-electron chi connectivity index (χ4n) is 3.72. The number of aryl methyl sites for hydroxylation is 1. The van der Waals surface area contributed by atoms with Gasteiger partial charge in [0.25, 0.3) is 0 Å². The molecule has 2 aliphatic heterocycles. The molecular weight excluding hydrogens is 354 g/mol. The van der Waals surface area contributed by atoms with Crippen molar-refractivity contribution in [3.8, 4) is 5.75 Å². The van der Waals surface area contributed by atoms with Crippen molar-refractivity contribution in [2.75, 3.05) is 46.5 Å². The molecule has 0 radical (unpaired) electrons. The van der Waals surface area contributed by atoms with E-state index in [1.54, 1.807) is 0 Å². The first kappa shape index (κ1) is 20.9. The van der Waals surface area contributed by atoms with Crippen LogP contribution >= 0.6 is 0 Å². The van der Waals surface area contributed by atoms with Crippen LogP contribution in [0.15, 0.2) is 29.3 Å². The van der Waals surface area contributed by atoms with Gasteiger partial charge < -0.3 is 24.4 Å². The molecule has 1 N–H and O–H groups in total. The number of aliphatic imine (C=N–C) groups is 1. The molecule has 2 aliphatic rings. The lowest BCUT2D eigenvalue weighted by Crippen LogP contribution is -2.48. The number of ether oxygens (including phenoxy) is 3. The van der Waals surface area contributed by atoms with Crippen LogP contribution in [0.5, 0.6) is 5.75 Å². The van der Waals surface area contributed by atoms with Gasteiger partial charge in [-0.15, -0.1) is 0 Å². The summed E-state index contributed by atoms with van der Waals surface area (Å²) in [7, 11) is 1.84. The highest BCUT2D eigenvalue weighted by atomic mass is 16.5. The van der Waals surface area contributed by atoms with Crippen molar-refractivity contribution in [2.45, 2.75) is 51.2 Å². The number of likely N-dealkylation sites (tertiary alicyclic amines) is 1. The van der Waals surface area contributed by atoms with E-state index in [1.807, 2.05) is 19.2 Å². The Morgan fingerprint density at radius 1 is 1.18 bits per heavy atom. The lowest BCUT2D eigenvalue weighted by molar-refractivity contribution is -0.0721. The molecule has 0 aliphatic carbocycles. The normalized spacial score (nSPS) is 21.6. The summed E-state index contributed by atoms with van der Waals surface area (Å²) in [6.45, 7) is 6.99. The zero-order valence-electron chi connectivity index (χ0n) is 17.4. The first-order valence-corrected chi connectivity index (χ1v) is 10.6. The predicted molar refractivity (Wildman–Crippen MR) is 112 cm³/mol. The van der Waals surface area contributed by atoms with E-state index in [2.05, 4.69) is 34.3 Å². The molecule has 2 saturated heterocycles. The van der Waals surface area contributed by atoms with Crippen LogP contribution in [-0.4, -0.2) is 69.6 Å². The van der Waals surface area contributed by atoms with E-state index in [9.17, 15) is 0 Å². The second-order valence-electron chi connectivity index (χ2n) is 7.64. The first-order chi connectivity index (χ1) is 13.7. The van der Waals surface area contributed by atoms with E-state index in [-0.39, 0.29) is 0 Å². The van der Waals surface area contributed by atoms with Crippen molar-refractivity contribution in [3.63, 3.8) is 0 Å². The second kappa shape index (κ2) is 11.3. The van der Waals surface area contributed by atoms with Crippen molar-refractivity contribution in [3.05, 3.63) is 29.8 Å². The maximum absolute atomic E-state index is 6.11. The van der Waals surface area contributed by atoms with E-state index in [0.29, 0.717) is 18.8 Å². The third kappa shape index (κ3) is 6.67. The molecule has 6 heteroatoms. The van der Waals surface area contributed by atoms with Crippen LogP contribution in [0.4, 0.5) is 0 Å². The van der Waals surface area contributed by atoms with E-state index < -0.39 is 0 Å². The van der Waals surface area contributed by atoms with Gasteiger partial charge in [-0.2, -0.15) is 0 Å². The Hall–Kier alpha value is -1.79. The molecule has 0 bridgehead atoms. The van der Waals surface area contributed by atoms with E-state index in [4.69, 9.17) is 14.2 Å². The van der Waals surface area contributed by atoms with Gasteiger partial charge in [0.2, 0.25) is 0 Å².